The Balaban J connectivity index is 2.39. The van der Waals surface area contributed by atoms with E-state index < -0.39 is 0 Å². The van der Waals surface area contributed by atoms with Gasteiger partial charge in [0.15, 0.2) is 0 Å². The summed E-state index contributed by atoms with van der Waals surface area (Å²) in [6.45, 7) is 1.05. The van der Waals surface area contributed by atoms with Crippen LogP contribution in [0.3, 0.4) is 0 Å². The monoisotopic (exact) mass is 162 g/mol. The van der Waals surface area contributed by atoms with Crippen LogP contribution in [0.25, 0.3) is 0 Å². The van der Waals surface area contributed by atoms with E-state index in [9.17, 15) is 0 Å². The molecule has 0 spiro atoms. The molecule has 0 fully saturated rings. The molecule has 1 aromatic carbocycles. The second kappa shape index (κ2) is 3.15. The molecule has 2 rings (SSSR count). The molecule has 3 N–H and O–H groups in total. The van der Waals surface area contributed by atoms with Crippen molar-refractivity contribution in [2.75, 3.05) is 11.9 Å². The molecular formula is C10H14N2. The first-order chi connectivity index (χ1) is 5.88. The molecule has 0 radical (unpaired) electrons. The number of anilines is 1. The standard InChI is InChI=1S/C10H14N2/c11-9-5-3-7-12-10-6-2-1-4-8(9)10/h1-2,4,6,9,12H,3,5,7,11H2. The van der Waals surface area contributed by atoms with Gasteiger partial charge in [0.1, 0.15) is 0 Å². The molecule has 64 valence electrons. The maximum absolute atomic E-state index is 6.01. The molecule has 0 saturated heterocycles. The Morgan fingerprint density at radius 1 is 1.33 bits per heavy atom. The van der Waals surface area contributed by atoms with Crippen LogP contribution in [0.5, 0.6) is 0 Å². The normalized spacial score (nSPS) is 22.2. The topological polar surface area (TPSA) is 38.0 Å². The van der Waals surface area contributed by atoms with Gasteiger partial charge in [-0.1, -0.05) is 18.2 Å². The molecule has 0 saturated carbocycles. The summed E-state index contributed by atoms with van der Waals surface area (Å²) in [7, 11) is 0. The largest absolute Gasteiger partial charge is 0.385 e. The third-order valence-electron chi connectivity index (χ3n) is 2.37. The number of benzene rings is 1. The number of para-hydroxylation sites is 1. The Bertz CT molecular complexity index is 270. The van der Waals surface area contributed by atoms with Crippen LogP contribution in [0, 0.1) is 0 Å². The van der Waals surface area contributed by atoms with Gasteiger partial charge in [-0.05, 0) is 24.5 Å². The lowest BCUT2D eigenvalue weighted by molar-refractivity contribution is 0.642. The maximum Gasteiger partial charge on any atom is 0.0388 e. The summed E-state index contributed by atoms with van der Waals surface area (Å²) >= 11 is 0. The molecule has 1 heterocycles. The van der Waals surface area contributed by atoms with Gasteiger partial charge in [-0.3, -0.25) is 0 Å². The fraction of sp³-hybridized carbons (Fsp3) is 0.400. The van der Waals surface area contributed by atoms with Gasteiger partial charge in [-0.25, -0.2) is 0 Å². The molecule has 0 aromatic heterocycles. The molecule has 1 aliphatic heterocycles. The van der Waals surface area contributed by atoms with Crippen LogP contribution >= 0.6 is 0 Å². The fourth-order valence-electron chi connectivity index (χ4n) is 1.68. The van der Waals surface area contributed by atoms with Gasteiger partial charge in [0, 0.05) is 18.3 Å². The van der Waals surface area contributed by atoms with Crippen molar-refractivity contribution in [3.63, 3.8) is 0 Å². The van der Waals surface area contributed by atoms with Crippen molar-refractivity contribution in [1.82, 2.24) is 0 Å². The van der Waals surface area contributed by atoms with E-state index in [0.717, 1.165) is 19.4 Å². The minimum atomic E-state index is 0.219. The predicted octanol–water partition coefficient (Wildman–Crippen LogP) is 1.89. The van der Waals surface area contributed by atoms with Crippen molar-refractivity contribution in [2.24, 2.45) is 5.73 Å². The number of nitrogens with one attached hydrogen (secondary N) is 1. The highest BCUT2D eigenvalue weighted by atomic mass is 14.9. The number of hydrogen-bond acceptors (Lipinski definition) is 2. The highest BCUT2D eigenvalue weighted by Crippen LogP contribution is 2.26. The Hall–Kier alpha value is -1.02. The van der Waals surface area contributed by atoms with Crippen molar-refractivity contribution < 1.29 is 0 Å². The first kappa shape index (κ1) is 7.62. The molecule has 12 heavy (non-hydrogen) atoms. The summed E-state index contributed by atoms with van der Waals surface area (Å²) in [5.41, 5.74) is 8.48. The van der Waals surface area contributed by atoms with E-state index in [1.165, 1.54) is 11.3 Å². The summed E-state index contributed by atoms with van der Waals surface area (Å²) in [6, 6.07) is 8.52. The highest BCUT2D eigenvalue weighted by Gasteiger charge is 2.12. The summed E-state index contributed by atoms with van der Waals surface area (Å²) < 4.78 is 0. The zero-order valence-electron chi connectivity index (χ0n) is 7.09. The molecule has 2 nitrogen and oxygen atoms in total. The predicted molar refractivity (Wildman–Crippen MR) is 51.1 cm³/mol. The second-order valence-electron chi connectivity index (χ2n) is 3.26. The Morgan fingerprint density at radius 2 is 2.17 bits per heavy atom. The third-order valence-corrected chi connectivity index (χ3v) is 2.37. The summed E-state index contributed by atoms with van der Waals surface area (Å²) in [4.78, 5) is 0. The third kappa shape index (κ3) is 1.30. The van der Waals surface area contributed by atoms with Gasteiger partial charge in [0.25, 0.3) is 0 Å². The molecule has 0 aliphatic carbocycles. The summed E-state index contributed by atoms with van der Waals surface area (Å²) in [5, 5.41) is 3.38. The summed E-state index contributed by atoms with van der Waals surface area (Å²) in [6.07, 6.45) is 2.25. The summed E-state index contributed by atoms with van der Waals surface area (Å²) in [5.74, 6) is 0. The van der Waals surface area contributed by atoms with Crippen molar-refractivity contribution in [3.05, 3.63) is 29.8 Å². The first-order valence-corrected chi connectivity index (χ1v) is 4.46. The van der Waals surface area contributed by atoms with Gasteiger partial charge in [-0.2, -0.15) is 0 Å². The number of fused-ring (bicyclic) bond motifs is 1. The van der Waals surface area contributed by atoms with E-state index in [1.54, 1.807) is 0 Å². The highest BCUT2D eigenvalue weighted by molar-refractivity contribution is 5.53. The van der Waals surface area contributed by atoms with Crippen molar-refractivity contribution in [2.45, 2.75) is 18.9 Å². The molecule has 0 amide bonds. The smallest absolute Gasteiger partial charge is 0.0388 e. The molecule has 1 aromatic rings. The first-order valence-electron chi connectivity index (χ1n) is 4.46. The van der Waals surface area contributed by atoms with E-state index in [2.05, 4.69) is 17.4 Å². The molecular weight excluding hydrogens is 148 g/mol. The van der Waals surface area contributed by atoms with Gasteiger partial charge in [0.05, 0.1) is 0 Å². The maximum atomic E-state index is 6.01. The zero-order chi connectivity index (χ0) is 8.39. The Kier molecular flexibility index (Phi) is 2.00. The Labute approximate surface area is 72.8 Å². The molecule has 1 unspecified atom stereocenters. The van der Waals surface area contributed by atoms with Crippen LogP contribution in [-0.2, 0) is 0 Å². The van der Waals surface area contributed by atoms with Crippen LogP contribution in [0.2, 0.25) is 0 Å². The van der Waals surface area contributed by atoms with Crippen molar-refractivity contribution in [1.29, 1.82) is 0 Å². The van der Waals surface area contributed by atoms with Crippen LogP contribution in [-0.4, -0.2) is 6.54 Å². The van der Waals surface area contributed by atoms with Gasteiger partial charge in [0.2, 0.25) is 0 Å². The Morgan fingerprint density at radius 3 is 3.08 bits per heavy atom. The van der Waals surface area contributed by atoms with Crippen LogP contribution in [0.1, 0.15) is 24.4 Å². The van der Waals surface area contributed by atoms with E-state index in [0.29, 0.717) is 0 Å². The van der Waals surface area contributed by atoms with Crippen molar-refractivity contribution >= 4 is 5.69 Å². The SMILES string of the molecule is NC1CCCNc2ccccc21. The molecule has 0 bridgehead atoms. The number of nitrogens with two attached hydrogens (primary N) is 1. The molecule has 2 heteroatoms. The quantitative estimate of drug-likeness (QED) is 0.611. The van der Waals surface area contributed by atoms with Gasteiger partial charge < -0.3 is 11.1 Å². The van der Waals surface area contributed by atoms with E-state index in [4.69, 9.17) is 5.73 Å². The number of hydrogen-bond donors (Lipinski definition) is 2. The lowest BCUT2D eigenvalue weighted by Crippen LogP contribution is -2.08. The minimum absolute atomic E-state index is 0.219. The zero-order valence-corrected chi connectivity index (χ0v) is 7.09. The van der Waals surface area contributed by atoms with Gasteiger partial charge in [-0.15, -0.1) is 0 Å². The van der Waals surface area contributed by atoms with E-state index in [-0.39, 0.29) is 6.04 Å². The molecule has 1 aliphatic rings. The van der Waals surface area contributed by atoms with E-state index in [1.807, 2.05) is 12.1 Å². The fourth-order valence-corrected chi connectivity index (χ4v) is 1.68. The minimum Gasteiger partial charge on any atom is -0.385 e. The number of rotatable bonds is 0. The van der Waals surface area contributed by atoms with Crippen LogP contribution < -0.4 is 11.1 Å². The average Bonchev–Trinajstić information content (AvgIpc) is 2.29. The molecule has 1 atom stereocenters. The van der Waals surface area contributed by atoms with Gasteiger partial charge >= 0.3 is 0 Å². The van der Waals surface area contributed by atoms with Crippen LogP contribution in [0.4, 0.5) is 5.69 Å². The van der Waals surface area contributed by atoms with Crippen molar-refractivity contribution in [3.8, 4) is 0 Å². The lowest BCUT2D eigenvalue weighted by Gasteiger charge is -2.11. The average molecular weight is 162 g/mol. The lowest BCUT2D eigenvalue weighted by atomic mass is 10.0. The van der Waals surface area contributed by atoms with Crippen LogP contribution in [0.15, 0.2) is 24.3 Å². The van der Waals surface area contributed by atoms with E-state index >= 15 is 0 Å². The second-order valence-corrected chi connectivity index (χ2v) is 3.26.